The van der Waals surface area contributed by atoms with Crippen molar-refractivity contribution in [1.82, 2.24) is 10.3 Å². The normalized spacial score (nSPS) is 28.0. The van der Waals surface area contributed by atoms with E-state index in [-0.39, 0.29) is 11.7 Å². The van der Waals surface area contributed by atoms with Gasteiger partial charge in [-0.05, 0) is 36.3 Å². The number of amides is 1. The number of alkyl halides is 1. The summed E-state index contributed by atoms with van der Waals surface area (Å²) in [4.78, 5) is 15.4. The number of rotatable bonds is 2. The zero-order chi connectivity index (χ0) is 15.7. The third-order valence-electron chi connectivity index (χ3n) is 3.44. The molecule has 2 aliphatic rings. The van der Waals surface area contributed by atoms with Crippen LogP contribution in [0.15, 0.2) is 52.0 Å². The molecule has 0 bridgehead atoms. The molecule has 1 aromatic rings. The first-order valence-corrected chi connectivity index (χ1v) is 7.05. The van der Waals surface area contributed by atoms with Crippen LogP contribution in [0.5, 0.6) is 0 Å². The van der Waals surface area contributed by atoms with Crippen molar-refractivity contribution in [1.29, 1.82) is 0 Å². The number of allylic oxidation sites excluding steroid dienone is 1. The Morgan fingerprint density at radius 1 is 1.45 bits per heavy atom. The van der Waals surface area contributed by atoms with Crippen LogP contribution in [0, 0.1) is 0 Å². The van der Waals surface area contributed by atoms with Crippen LogP contribution in [0.4, 0.5) is 10.2 Å². The molecule has 1 saturated heterocycles. The minimum absolute atomic E-state index is 0.126. The van der Waals surface area contributed by atoms with Gasteiger partial charge >= 0.3 is 0 Å². The van der Waals surface area contributed by atoms with E-state index in [1.807, 2.05) is 0 Å². The molecule has 1 aromatic heterocycles. The number of hydrogen-bond donors (Lipinski definition) is 2. The molecule has 2 atom stereocenters. The molecule has 0 saturated carbocycles. The first kappa shape index (κ1) is 14.8. The van der Waals surface area contributed by atoms with Gasteiger partial charge in [-0.3, -0.25) is 10.5 Å². The van der Waals surface area contributed by atoms with Crippen molar-refractivity contribution in [3.05, 3.63) is 46.8 Å². The number of halogens is 2. The number of pyridine rings is 1. The molecule has 1 fully saturated rings. The van der Waals surface area contributed by atoms with Crippen molar-refractivity contribution in [3.8, 4) is 0 Å². The molecule has 0 radical (unpaired) electrons. The molecule has 3 rings (SSSR count). The number of azo groups is 1. The van der Waals surface area contributed by atoms with Gasteiger partial charge < -0.3 is 5.32 Å². The summed E-state index contributed by atoms with van der Waals surface area (Å²) in [6.07, 6.45) is 3.47. The molecule has 2 heterocycles. The average molecular weight is 322 g/mol. The summed E-state index contributed by atoms with van der Waals surface area (Å²) in [5.74, 6) is 0.140. The molecular weight excluding hydrogens is 309 g/mol. The summed E-state index contributed by atoms with van der Waals surface area (Å²) in [5, 5.41) is 10.8. The molecule has 0 spiro atoms. The number of nitrogens with zero attached hydrogens (tertiary/aromatic N) is 3. The third kappa shape index (κ3) is 2.90. The van der Waals surface area contributed by atoms with Crippen LogP contribution in [-0.4, -0.2) is 22.7 Å². The molecule has 0 aromatic carbocycles. The maximum absolute atomic E-state index is 14.3. The summed E-state index contributed by atoms with van der Waals surface area (Å²) in [7, 11) is 0. The predicted octanol–water partition coefficient (Wildman–Crippen LogP) is 2.55. The lowest BCUT2D eigenvalue weighted by Gasteiger charge is -2.31. The fourth-order valence-electron chi connectivity index (χ4n) is 2.25. The molecular formula is C14H13ClFN5O. The zero-order valence-corrected chi connectivity index (χ0v) is 12.2. The zero-order valence-electron chi connectivity index (χ0n) is 11.5. The lowest BCUT2D eigenvalue weighted by atomic mass is 9.89. The van der Waals surface area contributed by atoms with E-state index in [0.29, 0.717) is 23.6 Å². The second-order valence-corrected chi connectivity index (χ2v) is 5.56. The molecule has 8 heteroatoms. The van der Waals surface area contributed by atoms with Crippen LogP contribution in [0.25, 0.3) is 0 Å². The van der Waals surface area contributed by atoms with Crippen LogP contribution < -0.4 is 11.1 Å². The minimum Gasteiger partial charge on any atom is -0.326 e. The van der Waals surface area contributed by atoms with Crippen molar-refractivity contribution in [2.45, 2.75) is 24.7 Å². The highest BCUT2D eigenvalue weighted by atomic mass is 35.5. The second kappa shape index (κ2) is 5.58. The van der Waals surface area contributed by atoms with Gasteiger partial charge in [0.05, 0.1) is 5.02 Å². The number of carbonyl (C=O) groups excluding carboxylic acids is 1. The Morgan fingerprint density at radius 3 is 3.00 bits per heavy atom. The number of aromatic nitrogens is 1. The summed E-state index contributed by atoms with van der Waals surface area (Å²) in [6.45, 7) is 0. The lowest BCUT2D eigenvalue weighted by molar-refractivity contribution is -0.120. The molecule has 1 aliphatic heterocycles. The first-order chi connectivity index (χ1) is 10.5. The Hall–Kier alpha value is -2.12. The van der Waals surface area contributed by atoms with E-state index in [1.54, 1.807) is 12.1 Å². The Labute approximate surface area is 131 Å². The molecule has 2 unspecified atom stereocenters. The SMILES string of the molecule is NC1(N=Nc2ccc(Cl)cn2)C=C2NC(=O)CCC2=CC1F. The minimum atomic E-state index is -1.68. The summed E-state index contributed by atoms with van der Waals surface area (Å²) < 4.78 is 14.3. The second-order valence-electron chi connectivity index (χ2n) is 5.12. The number of nitrogens with two attached hydrogens (primary N) is 1. The summed E-state index contributed by atoms with van der Waals surface area (Å²) in [6, 6.07) is 3.14. The van der Waals surface area contributed by atoms with Crippen molar-refractivity contribution in [2.75, 3.05) is 0 Å². The van der Waals surface area contributed by atoms with E-state index in [1.165, 1.54) is 18.3 Å². The largest absolute Gasteiger partial charge is 0.326 e. The maximum Gasteiger partial charge on any atom is 0.224 e. The van der Waals surface area contributed by atoms with E-state index in [4.69, 9.17) is 17.3 Å². The van der Waals surface area contributed by atoms with E-state index in [9.17, 15) is 9.18 Å². The van der Waals surface area contributed by atoms with Crippen molar-refractivity contribution in [2.24, 2.45) is 16.0 Å². The van der Waals surface area contributed by atoms with Crippen molar-refractivity contribution < 1.29 is 9.18 Å². The van der Waals surface area contributed by atoms with Crippen molar-refractivity contribution >= 4 is 23.3 Å². The molecule has 114 valence electrons. The fourth-order valence-corrected chi connectivity index (χ4v) is 2.36. The topological polar surface area (TPSA) is 92.7 Å². The Morgan fingerprint density at radius 2 is 2.27 bits per heavy atom. The monoisotopic (exact) mass is 321 g/mol. The van der Waals surface area contributed by atoms with E-state index < -0.39 is 11.8 Å². The maximum atomic E-state index is 14.3. The average Bonchev–Trinajstić information content (AvgIpc) is 2.48. The molecule has 1 aliphatic carbocycles. The highest BCUT2D eigenvalue weighted by Crippen LogP contribution is 2.32. The molecule has 1 amide bonds. The number of piperidine rings is 1. The van der Waals surface area contributed by atoms with Gasteiger partial charge in [-0.1, -0.05) is 11.6 Å². The third-order valence-corrected chi connectivity index (χ3v) is 3.67. The Kier molecular flexibility index (Phi) is 3.76. The number of fused-ring (bicyclic) bond motifs is 1. The Bertz CT molecular complexity index is 700. The fraction of sp³-hybridized carbons (Fsp3) is 0.286. The molecule has 3 N–H and O–H groups in total. The summed E-state index contributed by atoms with van der Waals surface area (Å²) in [5.41, 5.74) is 5.52. The van der Waals surface area contributed by atoms with Crippen LogP contribution in [0.3, 0.4) is 0 Å². The van der Waals surface area contributed by atoms with E-state index >= 15 is 0 Å². The van der Waals surface area contributed by atoms with Gasteiger partial charge in [0.15, 0.2) is 17.7 Å². The van der Waals surface area contributed by atoms with Gasteiger partial charge in [0, 0.05) is 18.3 Å². The quantitative estimate of drug-likeness (QED) is 0.820. The van der Waals surface area contributed by atoms with Crippen LogP contribution in [0.1, 0.15) is 12.8 Å². The number of nitrogens with one attached hydrogen (secondary N) is 1. The first-order valence-electron chi connectivity index (χ1n) is 6.67. The van der Waals surface area contributed by atoms with Gasteiger partial charge in [0.25, 0.3) is 0 Å². The van der Waals surface area contributed by atoms with Gasteiger partial charge in [-0.25, -0.2) is 9.37 Å². The smallest absolute Gasteiger partial charge is 0.224 e. The Balaban J connectivity index is 1.87. The van der Waals surface area contributed by atoms with E-state index in [0.717, 1.165) is 5.57 Å². The number of carbonyl (C=O) groups is 1. The van der Waals surface area contributed by atoms with Gasteiger partial charge in [0.2, 0.25) is 5.91 Å². The van der Waals surface area contributed by atoms with Gasteiger partial charge in [0.1, 0.15) is 0 Å². The highest BCUT2D eigenvalue weighted by Gasteiger charge is 2.38. The lowest BCUT2D eigenvalue weighted by Crippen LogP contribution is -2.48. The standard InChI is InChI=1S/C14H13ClFN5O/c15-9-2-3-12(18-7-9)20-21-14(17)6-10-8(5-11(14)16)1-4-13(22)19-10/h2-3,5-7,11H,1,4,17H2,(H,19,22). The van der Waals surface area contributed by atoms with Gasteiger partial charge in [-0.15, -0.1) is 5.11 Å². The van der Waals surface area contributed by atoms with Crippen molar-refractivity contribution in [3.63, 3.8) is 0 Å². The number of hydrogen-bond acceptors (Lipinski definition) is 5. The van der Waals surface area contributed by atoms with Gasteiger partial charge in [-0.2, -0.15) is 5.11 Å². The predicted molar refractivity (Wildman–Crippen MR) is 79.1 cm³/mol. The molecule has 22 heavy (non-hydrogen) atoms. The van der Waals surface area contributed by atoms with E-state index in [2.05, 4.69) is 20.5 Å². The van der Waals surface area contributed by atoms with Crippen LogP contribution in [0.2, 0.25) is 5.02 Å². The van der Waals surface area contributed by atoms with Crippen LogP contribution >= 0.6 is 11.6 Å². The molecule has 6 nitrogen and oxygen atoms in total. The highest BCUT2D eigenvalue weighted by molar-refractivity contribution is 6.30. The van der Waals surface area contributed by atoms with Crippen LogP contribution in [-0.2, 0) is 4.79 Å². The summed E-state index contributed by atoms with van der Waals surface area (Å²) >= 11 is 5.72.